The SMILES string of the molecule is CCCNCC1(Cc2ccc(C)cc2Cl)CC1. The molecule has 1 aliphatic carbocycles. The van der Waals surface area contributed by atoms with Gasteiger partial charge in [-0.25, -0.2) is 0 Å². The van der Waals surface area contributed by atoms with E-state index in [2.05, 4.69) is 37.4 Å². The zero-order valence-electron chi connectivity index (χ0n) is 10.9. The lowest BCUT2D eigenvalue weighted by molar-refractivity contribution is 0.456. The highest BCUT2D eigenvalue weighted by atomic mass is 35.5. The van der Waals surface area contributed by atoms with Crippen molar-refractivity contribution in [2.24, 2.45) is 5.41 Å². The summed E-state index contributed by atoms with van der Waals surface area (Å²) < 4.78 is 0. The quantitative estimate of drug-likeness (QED) is 0.755. The van der Waals surface area contributed by atoms with Gasteiger partial charge in [0.2, 0.25) is 0 Å². The molecule has 2 rings (SSSR count). The Morgan fingerprint density at radius 3 is 2.71 bits per heavy atom. The summed E-state index contributed by atoms with van der Waals surface area (Å²) in [5, 5.41) is 4.48. The molecule has 1 aliphatic rings. The summed E-state index contributed by atoms with van der Waals surface area (Å²) in [5.41, 5.74) is 3.05. The Balaban J connectivity index is 1.95. The molecule has 1 aromatic rings. The summed E-state index contributed by atoms with van der Waals surface area (Å²) in [7, 11) is 0. The Labute approximate surface area is 110 Å². The molecule has 1 N–H and O–H groups in total. The van der Waals surface area contributed by atoms with E-state index < -0.39 is 0 Å². The van der Waals surface area contributed by atoms with E-state index in [1.807, 2.05) is 0 Å². The Hall–Kier alpha value is -0.530. The summed E-state index contributed by atoms with van der Waals surface area (Å²) in [6.07, 6.45) is 5.02. The fourth-order valence-corrected chi connectivity index (χ4v) is 2.62. The third-order valence-electron chi connectivity index (χ3n) is 3.66. The molecule has 94 valence electrons. The number of hydrogen-bond donors (Lipinski definition) is 1. The summed E-state index contributed by atoms with van der Waals surface area (Å²) in [6, 6.07) is 6.43. The van der Waals surface area contributed by atoms with Gasteiger partial charge in [-0.1, -0.05) is 30.7 Å². The van der Waals surface area contributed by atoms with Crippen molar-refractivity contribution in [1.82, 2.24) is 5.32 Å². The zero-order chi connectivity index (χ0) is 12.3. The molecule has 0 atom stereocenters. The van der Waals surface area contributed by atoms with Gasteiger partial charge in [0, 0.05) is 11.6 Å². The summed E-state index contributed by atoms with van der Waals surface area (Å²) in [5.74, 6) is 0. The molecule has 17 heavy (non-hydrogen) atoms. The maximum atomic E-state index is 6.30. The third-order valence-corrected chi connectivity index (χ3v) is 4.01. The van der Waals surface area contributed by atoms with Gasteiger partial charge in [-0.2, -0.15) is 0 Å². The average molecular weight is 252 g/mol. The Morgan fingerprint density at radius 1 is 1.35 bits per heavy atom. The van der Waals surface area contributed by atoms with Gasteiger partial charge >= 0.3 is 0 Å². The largest absolute Gasteiger partial charge is 0.316 e. The molecule has 2 heteroatoms. The van der Waals surface area contributed by atoms with E-state index >= 15 is 0 Å². The highest BCUT2D eigenvalue weighted by molar-refractivity contribution is 6.31. The maximum Gasteiger partial charge on any atom is 0.0440 e. The minimum absolute atomic E-state index is 0.494. The van der Waals surface area contributed by atoms with Crippen molar-refractivity contribution in [3.8, 4) is 0 Å². The monoisotopic (exact) mass is 251 g/mol. The van der Waals surface area contributed by atoms with Crippen LogP contribution in [0.1, 0.15) is 37.3 Å². The molecule has 0 aliphatic heterocycles. The summed E-state index contributed by atoms with van der Waals surface area (Å²) in [6.45, 7) is 6.57. The first-order valence-corrected chi connectivity index (χ1v) is 6.99. The van der Waals surface area contributed by atoms with E-state index in [0.29, 0.717) is 5.41 Å². The smallest absolute Gasteiger partial charge is 0.0440 e. The van der Waals surface area contributed by atoms with Crippen LogP contribution in [0.25, 0.3) is 0 Å². The van der Waals surface area contributed by atoms with Gasteiger partial charge in [-0.15, -0.1) is 0 Å². The lowest BCUT2D eigenvalue weighted by atomic mass is 9.95. The second kappa shape index (κ2) is 5.41. The highest BCUT2D eigenvalue weighted by Crippen LogP contribution is 2.48. The number of halogens is 1. The van der Waals surface area contributed by atoms with Crippen LogP contribution in [0.15, 0.2) is 18.2 Å². The highest BCUT2D eigenvalue weighted by Gasteiger charge is 2.42. The molecule has 0 spiro atoms. The van der Waals surface area contributed by atoms with E-state index in [0.717, 1.165) is 24.5 Å². The van der Waals surface area contributed by atoms with Crippen molar-refractivity contribution in [3.05, 3.63) is 34.3 Å². The number of hydrogen-bond acceptors (Lipinski definition) is 1. The normalized spacial score (nSPS) is 17.1. The lowest BCUT2D eigenvalue weighted by Gasteiger charge is -2.17. The fraction of sp³-hybridized carbons (Fsp3) is 0.600. The Bertz CT molecular complexity index is 383. The molecular formula is C15H22ClN. The van der Waals surface area contributed by atoms with E-state index in [9.17, 15) is 0 Å². The van der Waals surface area contributed by atoms with Crippen molar-refractivity contribution in [1.29, 1.82) is 0 Å². The molecule has 1 aromatic carbocycles. The molecular weight excluding hydrogens is 230 g/mol. The van der Waals surface area contributed by atoms with Gasteiger partial charge in [0.05, 0.1) is 0 Å². The van der Waals surface area contributed by atoms with Crippen LogP contribution in [-0.4, -0.2) is 13.1 Å². The fourth-order valence-electron chi connectivity index (χ4n) is 2.32. The second-order valence-corrected chi connectivity index (χ2v) is 5.86. The molecule has 1 saturated carbocycles. The molecule has 0 radical (unpaired) electrons. The lowest BCUT2D eigenvalue weighted by Crippen LogP contribution is -2.26. The first kappa shape index (κ1) is 12.9. The van der Waals surface area contributed by atoms with Crippen LogP contribution in [0.3, 0.4) is 0 Å². The molecule has 0 heterocycles. The van der Waals surface area contributed by atoms with Gasteiger partial charge in [0.15, 0.2) is 0 Å². The Morgan fingerprint density at radius 2 is 2.12 bits per heavy atom. The van der Waals surface area contributed by atoms with E-state index in [4.69, 9.17) is 11.6 Å². The number of nitrogens with one attached hydrogen (secondary N) is 1. The minimum atomic E-state index is 0.494. The van der Waals surface area contributed by atoms with Gasteiger partial charge < -0.3 is 5.32 Å². The van der Waals surface area contributed by atoms with Crippen molar-refractivity contribution in [2.45, 2.75) is 39.5 Å². The first-order valence-electron chi connectivity index (χ1n) is 6.61. The zero-order valence-corrected chi connectivity index (χ0v) is 11.6. The van der Waals surface area contributed by atoms with E-state index in [1.54, 1.807) is 0 Å². The third kappa shape index (κ3) is 3.46. The van der Waals surface area contributed by atoms with E-state index in [1.165, 1.54) is 30.4 Å². The van der Waals surface area contributed by atoms with Crippen LogP contribution >= 0.6 is 11.6 Å². The predicted molar refractivity (Wildman–Crippen MR) is 74.7 cm³/mol. The van der Waals surface area contributed by atoms with Crippen molar-refractivity contribution in [3.63, 3.8) is 0 Å². The molecule has 1 nitrogen and oxygen atoms in total. The number of aryl methyl sites for hydroxylation is 1. The van der Waals surface area contributed by atoms with Crippen LogP contribution in [0, 0.1) is 12.3 Å². The van der Waals surface area contributed by atoms with Crippen LogP contribution in [0.2, 0.25) is 5.02 Å². The van der Waals surface area contributed by atoms with Crippen molar-refractivity contribution in [2.75, 3.05) is 13.1 Å². The van der Waals surface area contributed by atoms with Crippen LogP contribution in [0.4, 0.5) is 0 Å². The van der Waals surface area contributed by atoms with E-state index in [-0.39, 0.29) is 0 Å². The van der Waals surface area contributed by atoms with Gasteiger partial charge in [0.25, 0.3) is 0 Å². The van der Waals surface area contributed by atoms with Crippen LogP contribution < -0.4 is 5.32 Å². The molecule has 0 unspecified atom stereocenters. The van der Waals surface area contributed by atoms with Gasteiger partial charge in [-0.3, -0.25) is 0 Å². The van der Waals surface area contributed by atoms with Crippen LogP contribution in [-0.2, 0) is 6.42 Å². The molecule has 0 amide bonds. The maximum absolute atomic E-state index is 6.30. The van der Waals surface area contributed by atoms with Crippen LogP contribution in [0.5, 0.6) is 0 Å². The van der Waals surface area contributed by atoms with Gasteiger partial charge in [0.1, 0.15) is 0 Å². The standard InChI is InChI=1S/C15H22ClN/c1-3-8-17-11-15(6-7-15)10-13-5-4-12(2)9-14(13)16/h4-5,9,17H,3,6-8,10-11H2,1-2H3. The first-order chi connectivity index (χ1) is 8.15. The molecule has 1 fully saturated rings. The predicted octanol–water partition coefficient (Wildman–Crippen LogP) is 3.97. The summed E-state index contributed by atoms with van der Waals surface area (Å²) in [4.78, 5) is 0. The van der Waals surface area contributed by atoms with Crippen molar-refractivity contribution < 1.29 is 0 Å². The summed E-state index contributed by atoms with van der Waals surface area (Å²) >= 11 is 6.30. The Kier molecular flexibility index (Phi) is 4.11. The molecule has 0 aromatic heterocycles. The number of benzene rings is 1. The number of rotatable bonds is 6. The average Bonchev–Trinajstić information content (AvgIpc) is 3.03. The topological polar surface area (TPSA) is 12.0 Å². The minimum Gasteiger partial charge on any atom is -0.316 e. The molecule has 0 bridgehead atoms. The van der Waals surface area contributed by atoms with Crippen molar-refractivity contribution >= 4 is 11.6 Å². The van der Waals surface area contributed by atoms with Gasteiger partial charge in [-0.05, 0) is 61.8 Å². The second-order valence-electron chi connectivity index (χ2n) is 5.45. The molecule has 0 saturated heterocycles.